The Morgan fingerprint density at radius 1 is 1.17 bits per heavy atom. The van der Waals surface area contributed by atoms with Gasteiger partial charge in [0.25, 0.3) is 0 Å². The van der Waals surface area contributed by atoms with E-state index in [-0.39, 0.29) is 17.7 Å². The predicted octanol–water partition coefficient (Wildman–Crippen LogP) is 3.90. The lowest BCUT2D eigenvalue weighted by Crippen LogP contribution is -2.30. The number of carbonyl (C=O) groups is 1. The molecule has 0 aliphatic heterocycles. The number of para-hydroxylation sites is 1. The summed E-state index contributed by atoms with van der Waals surface area (Å²) in [5.74, 6) is 1.12. The fourth-order valence-electron chi connectivity index (χ4n) is 2.50. The topological polar surface area (TPSA) is 66.0 Å². The third-order valence-corrected chi connectivity index (χ3v) is 4.37. The van der Waals surface area contributed by atoms with Gasteiger partial charge in [-0.05, 0) is 17.7 Å². The summed E-state index contributed by atoms with van der Waals surface area (Å²) in [7, 11) is 0. The number of nitriles is 1. The Morgan fingerprint density at radius 3 is 2.67 bits per heavy atom. The molecule has 1 heterocycles. The number of hydrogen-bond acceptors (Lipinski definition) is 4. The second-order valence-electron chi connectivity index (χ2n) is 5.25. The molecule has 0 aliphatic rings. The molecule has 3 rings (SSSR count). The van der Waals surface area contributed by atoms with E-state index in [9.17, 15) is 4.79 Å². The van der Waals surface area contributed by atoms with Gasteiger partial charge >= 0.3 is 0 Å². The van der Waals surface area contributed by atoms with Gasteiger partial charge in [-0.2, -0.15) is 5.26 Å². The van der Waals surface area contributed by atoms with E-state index in [4.69, 9.17) is 9.68 Å². The van der Waals surface area contributed by atoms with Crippen LogP contribution < -0.4 is 5.32 Å². The van der Waals surface area contributed by atoms with Gasteiger partial charge in [0.15, 0.2) is 0 Å². The summed E-state index contributed by atoms with van der Waals surface area (Å²) in [6, 6.07) is 21.1. The minimum atomic E-state index is -0.353. The van der Waals surface area contributed by atoms with Crippen LogP contribution in [0.3, 0.4) is 0 Å². The molecule has 0 bridgehead atoms. The highest BCUT2D eigenvalue weighted by molar-refractivity contribution is 8.00. The lowest BCUT2D eigenvalue weighted by molar-refractivity contribution is -0.119. The van der Waals surface area contributed by atoms with Crippen molar-refractivity contribution in [2.75, 3.05) is 11.5 Å². The van der Waals surface area contributed by atoms with Crippen molar-refractivity contribution in [3.05, 3.63) is 72.0 Å². The standard InChI is InChI=1S/C19H16N2O2S/c20-10-11-24-13-18(22)21-19(14-6-2-1-3-7-14)17-12-15-8-4-5-9-16(15)23-17/h1-9,12,19H,11,13H2,(H,21,22)/t19-/m1/s1. The molecule has 4 nitrogen and oxygen atoms in total. The number of rotatable bonds is 6. The van der Waals surface area contributed by atoms with Crippen LogP contribution in [0.4, 0.5) is 0 Å². The lowest BCUT2D eigenvalue weighted by Gasteiger charge is -2.17. The van der Waals surface area contributed by atoms with Crippen molar-refractivity contribution in [3.8, 4) is 6.07 Å². The fraction of sp³-hybridized carbons (Fsp3) is 0.158. The van der Waals surface area contributed by atoms with Gasteiger partial charge in [-0.1, -0.05) is 48.5 Å². The zero-order valence-corrected chi connectivity index (χ0v) is 13.8. The number of fused-ring (bicyclic) bond motifs is 1. The summed E-state index contributed by atoms with van der Waals surface area (Å²) < 4.78 is 5.94. The number of benzene rings is 2. The molecule has 0 unspecified atom stereocenters. The maximum atomic E-state index is 12.2. The highest BCUT2D eigenvalue weighted by atomic mass is 32.2. The molecule has 1 N–H and O–H groups in total. The summed E-state index contributed by atoms with van der Waals surface area (Å²) in [4.78, 5) is 12.2. The maximum absolute atomic E-state index is 12.2. The van der Waals surface area contributed by atoms with Crippen LogP contribution in [0, 0.1) is 11.3 Å². The van der Waals surface area contributed by atoms with E-state index in [1.165, 1.54) is 11.8 Å². The van der Waals surface area contributed by atoms with E-state index in [0.29, 0.717) is 11.5 Å². The van der Waals surface area contributed by atoms with Crippen LogP contribution in [-0.4, -0.2) is 17.4 Å². The third kappa shape index (κ3) is 3.79. The average Bonchev–Trinajstić information content (AvgIpc) is 3.04. The summed E-state index contributed by atoms with van der Waals surface area (Å²) in [5.41, 5.74) is 1.75. The van der Waals surface area contributed by atoms with Crippen molar-refractivity contribution in [3.63, 3.8) is 0 Å². The second-order valence-corrected chi connectivity index (χ2v) is 6.23. The number of nitrogens with zero attached hydrogens (tertiary/aromatic N) is 1. The summed E-state index contributed by atoms with van der Waals surface area (Å²) in [6.45, 7) is 0. The molecule has 2 aromatic carbocycles. The first-order valence-corrected chi connectivity index (χ1v) is 8.71. The molecular weight excluding hydrogens is 320 g/mol. The van der Waals surface area contributed by atoms with Gasteiger partial charge in [0, 0.05) is 5.39 Å². The lowest BCUT2D eigenvalue weighted by atomic mass is 10.0. The van der Waals surface area contributed by atoms with Gasteiger partial charge in [-0.3, -0.25) is 4.79 Å². The Kier molecular flexibility index (Phi) is 5.19. The Balaban J connectivity index is 1.88. The van der Waals surface area contributed by atoms with Crippen molar-refractivity contribution >= 4 is 28.6 Å². The third-order valence-electron chi connectivity index (χ3n) is 3.57. The highest BCUT2D eigenvalue weighted by Gasteiger charge is 2.20. The molecule has 0 fully saturated rings. The van der Waals surface area contributed by atoms with Gasteiger partial charge in [0.2, 0.25) is 5.91 Å². The number of nitrogens with one attached hydrogen (secondary N) is 1. The molecule has 3 aromatic rings. The Labute approximate surface area is 144 Å². The van der Waals surface area contributed by atoms with Crippen LogP contribution in [0.25, 0.3) is 11.0 Å². The van der Waals surface area contributed by atoms with Crippen molar-refractivity contribution < 1.29 is 9.21 Å². The molecule has 1 aromatic heterocycles. The SMILES string of the molecule is N#CCSCC(=O)N[C@H](c1ccccc1)c1cc2ccccc2o1. The molecule has 24 heavy (non-hydrogen) atoms. The normalized spacial score (nSPS) is 11.8. The van der Waals surface area contributed by atoms with Gasteiger partial charge in [0.1, 0.15) is 17.4 Å². The van der Waals surface area contributed by atoms with Gasteiger partial charge < -0.3 is 9.73 Å². The quantitative estimate of drug-likeness (QED) is 0.693. The van der Waals surface area contributed by atoms with Crippen LogP contribution in [0.15, 0.2) is 65.1 Å². The molecule has 1 amide bonds. The minimum Gasteiger partial charge on any atom is -0.459 e. The van der Waals surface area contributed by atoms with Crippen molar-refractivity contribution in [2.45, 2.75) is 6.04 Å². The van der Waals surface area contributed by atoms with Crippen LogP contribution in [0.5, 0.6) is 0 Å². The number of furan rings is 1. The van der Waals surface area contributed by atoms with Crippen LogP contribution in [-0.2, 0) is 4.79 Å². The van der Waals surface area contributed by atoms with Crippen molar-refractivity contribution in [1.29, 1.82) is 5.26 Å². The highest BCUT2D eigenvalue weighted by Crippen LogP contribution is 2.28. The van der Waals surface area contributed by atoms with E-state index < -0.39 is 0 Å². The molecule has 0 aliphatic carbocycles. The Morgan fingerprint density at radius 2 is 1.92 bits per heavy atom. The summed E-state index contributed by atoms with van der Waals surface area (Å²) >= 11 is 1.29. The number of thioether (sulfide) groups is 1. The predicted molar refractivity (Wildman–Crippen MR) is 95.6 cm³/mol. The molecular formula is C19H16N2O2S. The molecule has 0 spiro atoms. The number of carbonyl (C=O) groups excluding carboxylic acids is 1. The minimum absolute atomic E-state index is 0.121. The van der Waals surface area contributed by atoms with Gasteiger partial charge in [0.05, 0.1) is 17.6 Å². The molecule has 1 atom stereocenters. The van der Waals surface area contributed by atoms with Crippen molar-refractivity contribution in [1.82, 2.24) is 5.32 Å². The van der Waals surface area contributed by atoms with Crippen LogP contribution in [0.2, 0.25) is 0 Å². The average molecular weight is 336 g/mol. The smallest absolute Gasteiger partial charge is 0.230 e. The van der Waals surface area contributed by atoms with Gasteiger partial charge in [-0.25, -0.2) is 0 Å². The molecule has 5 heteroatoms. The maximum Gasteiger partial charge on any atom is 0.230 e. The largest absolute Gasteiger partial charge is 0.459 e. The first-order valence-electron chi connectivity index (χ1n) is 7.55. The van der Waals surface area contributed by atoms with Crippen LogP contribution in [0.1, 0.15) is 17.4 Å². The zero-order chi connectivity index (χ0) is 16.8. The molecule has 0 saturated heterocycles. The van der Waals surface area contributed by atoms with E-state index in [2.05, 4.69) is 5.32 Å². The summed E-state index contributed by atoms with van der Waals surface area (Å²) in [5, 5.41) is 12.6. The van der Waals surface area contributed by atoms with Crippen molar-refractivity contribution in [2.24, 2.45) is 0 Å². The number of hydrogen-bond donors (Lipinski definition) is 1. The molecule has 0 saturated carbocycles. The Hall–Kier alpha value is -2.71. The van der Waals surface area contributed by atoms with E-state index >= 15 is 0 Å². The monoisotopic (exact) mass is 336 g/mol. The van der Waals surface area contributed by atoms with E-state index in [1.54, 1.807) is 0 Å². The summed E-state index contributed by atoms with van der Waals surface area (Å²) in [6.07, 6.45) is 0. The van der Waals surface area contributed by atoms with Crippen LogP contribution >= 0.6 is 11.8 Å². The zero-order valence-electron chi connectivity index (χ0n) is 12.9. The second kappa shape index (κ2) is 7.71. The fourth-order valence-corrected chi connectivity index (χ4v) is 2.96. The Bertz CT molecular complexity index is 835. The number of amides is 1. The van der Waals surface area contributed by atoms with Gasteiger partial charge in [-0.15, -0.1) is 11.8 Å². The van der Waals surface area contributed by atoms with E-state index in [0.717, 1.165) is 16.5 Å². The molecule has 120 valence electrons. The first-order chi connectivity index (χ1) is 11.8. The molecule has 0 radical (unpaired) electrons. The van der Waals surface area contributed by atoms with E-state index in [1.807, 2.05) is 66.7 Å². The first kappa shape index (κ1) is 16.2.